The van der Waals surface area contributed by atoms with E-state index in [2.05, 4.69) is 4.99 Å². The first-order valence-corrected chi connectivity index (χ1v) is 11.7. The third-order valence-corrected chi connectivity index (χ3v) is 6.60. The number of esters is 1. The summed E-state index contributed by atoms with van der Waals surface area (Å²) in [5, 5.41) is 11.1. The molecule has 2 heterocycles. The van der Waals surface area contributed by atoms with Crippen molar-refractivity contribution in [3.63, 3.8) is 0 Å². The molecule has 0 saturated heterocycles. The number of ether oxygens (including phenoxy) is 1. The Morgan fingerprint density at radius 2 is 1.97 bits per heavy atom. The lowest BCUT2D eigenvalue weighted by molar-refractivity contribution is -0.384. The van der Waals surface area contributed by atoms with Crippen LogP contribution in [0.4, 0.5) is 11.4 Å². The Kier molecular flexibility index (Phi) is 6.65. The number of hydrogen-bond acceptors (Lipinski definition) is 8. The number of thiazole rings is 1. The van der Waals surface area contributed by atoms with E-state index in [1.165, 1.54) is 28.0 Å². The molecule has 0 radical (unpaired) electrons. The van der Waals surface area contributed by atoms with Crippen LogP contribution in [0, 0.1) is 10.1 Å². The number of non-ortho nitro benzene ring substituents is 1. The molecule has 1 aliphatic rings. The average Bonchev–Trinajstić information content (AvgIpc) is 3.12. The lowest BCUT2D eigenvalue weighted by Crippen LogP contribution is -2.39. The summed E-state index contributed by atoms with van der Waals surface area (Å²) in [6.45, 7) is 3.65. The predicted octanol–water partition coefficient (Wildman–Crippen LogP) is 2.77. The summed E-state index contributed by atoms with van der Waals surface area (Å²) < 4.78 is 7.17. The number of aromatic nitrogens is 1. The quantitative estimate of drug-likeness (QED) is 0.298. The second-order valence-corrected chi connectivity index (χ2v) is 9.15. The Morgan fingerprint density at radius 3 is 2.60 bits per heavy atom. The SMILES string of the molecule is CCOC(=O)C1=C(C)N=c2s/c(=C/c3cccc([N+](=O)[O-])c3)c(=O)n2[C@H]1c1ccc(N(C)C)cc1. The van der Waals surface area contributed by atoms with Gasteiger partial charge in [-0.15, -0.1) is 0 Å². The molecule has 1 atom stereocenters. The van der Waals surface area contributed by atoms with E-state index in [9.17, 15) is 19.7 Å². The molecule has 0 saturated carbocycles. The summed E-state index contributed by atoms with van der Waals surface area (Å²) >= 11 is 1.17. The minimum Gasteiger partial charge on any atom is -0.463 e. The molecule has 0 bridgehead atoms. The van der Waals surface area contributed by atoms with Gasteiger partial charge in [-0.1, -0.05) is 35.6 Å². The topological polar surface area (TPSA) is 107 Å². The molecule has 0 spiro atoms. The molecule has 1 aromatic heterocycles. The van der Waals surface area contributed by atoms with Crippen molar-refractivity contribution in [3.8, 4) is 0 Å². The summed E-state index contributed by atoms with van der Waals surface area (Å²) in [7, 11) is 3.86. The van der Waals surface area contributed by atoms with Crippen LogP contribution >= 0.6 is 11.3 Å². The summed E-state index contributed by atoms with van der Waals surface area (Å²) in [6, 6.07) is 13.0. The largest absolute Gasteiger partial charge is 0.463 e. The number of hydrogen-bond donors (Lipinski definition) is 0. The van der Waals surface area contributed by atoms with E-state index in [1.54, 1.807) is 32.1 Å². The van der Waals surface area contributed by atoms with Gasteiger partial charge in [0.2, 0.25) is 0 Å². The Labute approximate surface area is 205 Å². The Balaban J connectivity index is 1.92. The summed E-state index contributed by atoms with van der Waals surface area (Å²) in [4.78, 5) is 44.2. The van der Waals surface area contributed by atoms with Crippen LogP contribution in [-0.4, -0.2) is 36.2 Å². The number of allylic oxidation sites excluding steroid dienone is 1. The highest BCUT2D eigenvalue weighted by Gasteiger charge is 2.33. The van der Waals surface area contributed by atoms with Crippen LogP contribution < -0.4 is 19.8 Å². The maximum atomic E-state index is 13.6. The molecule has 10 heteroatoms. The molecule has 0 unspecified atom stereocenters. The van der Waals surface area contributed by atoms with Gasteiger partial charge in [-0.3, -0.25) is 19.5 Å². The van der Waals surface area contributed by atoms with Gasteiger partial charge in [-0.2, -0.15) is 0 Å². The van der Waals surface area contributed by atoms with Crippen LogP contribution in [-0.2, 0) is 9.53 Å². The second kappa shape index (κ2) is 9.67. The maximum absolute atomic E-state index is 13.6. The van der Waals surface area contributed by atoms with Crippen molar-refractivity contribution in [2.45, 2.75) is 19.9 Å². The van der Waals surface area contributed by atoms with Crippen molar-refractivity contribution in [1.82, 2.24) is 4.57 Å². The Bertz CT molecular complexity index is 1520. The lowest BCUT2D eigenvalue weighted by Gasteiger charge is -2.25. The number of benzene rings is 2. The molecule has 3 aromatic rings. The first-order valence-electron chi connectivity index (χ1n) is 10.9. The fourth-order valence-corrected chi connectivity index (χ4v) is 4.99. The molecule has 2 aromatic carbocycles. The molecular weight excluding hydrogens is 468 g/mol. The van der Waals surface area contributed by atoms with Crippen LogP contribution in [0.15, 0.2) is 69.6 Å². The highest BCUT2D eigenvalue weighted by atomic mass is 32.1. The number of rotatable bonds is 6. The fourth-order valence-electron chi connectivity index (χ4n) is 3.94. The summed E-state index contributed by atoms with van der Waals surface area (Å²) in [5.41, 5.74) is 2.63. The van der Waals surface area contributed by atoms with E-state index in [1.807, 2.05) is 43.3 Å². The van der Waals surface area contributed by atoms with Crippen LogP contribution in [0.1, 0.15) is 31.0 Å². The number of nitrogens with zero attached hydrogens (tertiary/aromatic N) is 4. The fraction of sp³-hybridized carbons (Fsp3) is 0.240. The van der Waals surface area contributed by atoms with Crippen molar-refractivity contribution >= 4 is 34.8 Å². The molecule has 0 amide bonds. The van der Waals surface area contributed by atoms with Crippen molar-refractivity contribution in [1.29, 1.82) is 0 Å². The van der Waals surface area contributed by atoms with Crippen molar-refractivity contribution in [3.05, 3.63) is 101 Å². The van der Waals surface area contributed by atoms with Crippen molar-refractivity contribution < 1.29 is 14.5 Å². The van der Waals surface area contributed by atoms with Crippen molar-refractivity contribution in [2.24, 2.45) is 4.99 Å². The molecule has 35 heavy (non-hydrogen) atoms. The van der Waals surface area contributed by atoms with Gasteiger partial charge in [-0.25, -0.2) is 9.79 Å². The molecule has 4 rings (SSSR count). The summed E-state index contributed by atoms with van der Waals surface area (Å²) in [5.74, 6) is -0.525. The van der Waals surface area contributed by atoms with Crippen LogP contribution in [0.5, 0.6) is 0 Å². The van der Waals surface area contributed by atoms with Gasteiger partial charge >= 0.3 is 5.97 Å². The van der Waals surface area contributed by atoms with Gasteiger partial charge in [0.15, 0.2) is 4.80 Å². The van der Waals surface area contributed by atoms with Crippen LogP contribution in [0.3, 0.4) is 0 Å². The molecule has 0 N–H and O–H groups in total. The zero-order valence-corrected chi connectivity index (χ0v) is 20.5. The highest BCUT2D eigenvalue weighted by Crippen LogP contribution is 2.31. The second-order valence-electron chi connectivity index (χ2n) is 8.14. The zero-order valence-electron chi connectivity index (χ0n) is 19.7. The predicted molar refractivity (Wildman–Crippen MR) is 134 cm³/mol. The molecule has 0 aliphatic carbocycles. The standard InChI is InChI=1S/C25H24N4O5S/c1-5-34-24(31)21-15(2)26-25-28(22(21)17-9-11-18(12-10-17)27(3)4)23(30)20(35-25)14-16-7-6-8-19(13-16)29(32)33/h6-14,22H,5H2,1-4H3/b20-14+/t22-/m0/s1. The van der Waals surface area contributed by atoms with Crippen molar-refractivity contribution in [2.75, 3.05) is 25.6 Å². The normalized spacial score (nSPS) is 15.4. The van der Waals surface area contributed by atoms with Crippen LogP contribution in [0.2, 0.25) is 0 Å². The number of carbonyl (C=O) groups excluding carboxylic acids is 1. The molecule has 1 aliphatic heterocycles. The minimum atomic E-state index is -0.714. The third kappa shape index (κ3) is 4.65. The zero-order chi connectivity index (χ0) is 25.3. The molecule has 180 valence electrons. The summed E-state index contributed by atoms with van der Waals surface area (Å²) in [6.07, 6.45) is 1.60. The van der Waals surface area contributed by atoms with E-state index < -0.39 is 16.9 Å². The first-order chi connectivity index (χ1) is 16.7. The maximum Gasteiger partial charge on any atom is 0.338 e. The number of fused-ring (bicyclic) bond motifs is 1. The number of nitro groups is 1. The average molecular weight is 493 g/mol. The molecule has 0 fully saturated rings. The first kappa shape index (κ1) is 24.1. The number of carbonyl (C=O) groups is 1. The van der Waals surface area contributed by atoms with Gasteiger partial charge < -0.3 is 9.64 Å². The van der Waals surface area contributed by atoms with E-state index in [0.29, 0.717) is 26.2 Å². The molecule has 9 nitrogen and oxygen atoms in total. The highest BCUT2D eigenvalue weighted by molar-refractivity contribution is 7.07. The Morgan fingerprint density at radius 1 is 1.26 bits per heavy atom. The van der Waals surface area contributed by atoms with Gasteiger partial charge in [0.05, 0.1) is 33.4 Å². The van der Waals surface area contributed by atoms with Gasteiger partial charge in [0, 0.05) is 31.9 Å². The molecular formula is C25H24N4O5S. The number of anilines is 1. The number of nitro benzene ring substituents is 1. The third-order valence-electron chi connectivity index (χ3n) is 5.62. The lowest BCUT2D eigenvalue weighted by atomic mass is 9.95. The van der Waals surface area contributed by atoms with Gasteiger partial charge in [0.1, 0.15) is 0 Å². The smallest absolute Gasteiger partial charge is 0.338 e. The van der Waals surface area contributed by atoms with Gasteiger partial charge in [-0.05, 0) is 43.2 Å². The Hall–Kier alpha value is -4.05. The van der Waals surface area contributed by atoms with E-state index in [4.69, 9.17) is 4.74 Å². The van der Waals surface area contributed by atoms with Crippen LogP contribution in [0.25, 0.3) is 6.08 Å². The van der Waals surface area contributed by atoms with Gasteiger partial charge in [0.25, 0.3) is 11.2 Å². The van der Waals surface area contributed by atoms with E-state index >= 15 is 0 Å². The minimum absolute atomic E-state index is 0.0641. The van der Waals surface area contributed by atoms with E-state index in [-0.39, 0.29) is 17.9 Å². The van der Waals surface area contributed by atoms with E-state index in [0.717, 1.165) is 11.3 Å². The monoisotopic (exact) mass is 492 g/mol.